The molecule has 0 bridgehead atoms. The molecule has 0 aromatic rings. The van der Waals surface area contributed by atoms with Gasteiger partial charge in [0.05, 0.1) is 0 Å². The van der Waals surface area contributed by atoms with Gasteiger partial charge < -0.3 is 10.0 Å². The van der Waals surface area contributed by atoms with E-state index in [2.05, 4.69) is 13.8 Å². The van der Waals surface area contributed by atoms with Gasteiger partial charge in [0.2, 0.25) is 5.91 Å². The molecule has 1 N–H and O–H groups in total. The first-order chi connectivity index (χ1) is 8.14. The van der Waals surface area contributed by atoms with Gasteiger partial charge in [-0.15, -0.1) is 0 Å². The largest absolute Gasteiger partial charge is 0.481 e. The standard InChI is InChI=1S/C14H25NO3/c1-9(2)10-6-7-15(8-10)12(16)11(13(17)18)14(3,4)5/h9-11H,6-8H2,1-5H3,(H,17,18). The zero-order valence-corrected chi connectivity index (χ0v) is 12.1. The zero-order valence-electron chi connectivity index (χ0n) is 12.1. The van der Waals surface area contributed by atoms with Crippen molar-refractivity contribution in [1.82, 2.24) is 4.90 Å². The maximum atomic E-state index is 12.3. The van der Waals surface area contributed by atoms with Gasteiger partial charge >= 0.3 is 5.97 Å². The molecule has 1 rings (SSSR count). The molecule has 1 amide bonds. The molecule has 1 aliphatic rings. The van der Waals surface area contributed by atoms with E-state index in [0.29, 0.717) is 24.9 Å². The summed E-state index contributed by atoms with van der Waals surface area (Å²) in [6.45, 7) is 11.1. The lowest BCUT2D eigenvalue weighted by atomic mass is 9.80. The van der Waals surface area contributed by atoms with Crippen LogP contribution in [-0.2, 0) is 9.59 Å². The Balaban J connectivity index is 2.78. The Labute approximate surface area is 109 Å². The Kier molecular flexibility index (Phi) is 4.41. The summed E-state index contributed by atoms with van der Waals surface area (Å²) in [5, 5.41) is 9.27. The van der Waals surface area contributed by atoms with Crippen molar-refractivity contribution in [3.05, 3.63) is 0 Å². The van der Waals surface area contributed by atoms with Crippen molar-refractivity contribution in [2.24, 2.45) is 23.2 Å². The SMILES string of the molecule is CC(C)C1CCN(C(=O)C(C(=O)O)C(C)(C)C)C1. The number of carbonyl (C=O) groups is 2. The highest BCUT2D eigenvalue weighted by Gasteiger charge is 2.42. The average molecular weight is 255 g/mol. The Hall–Kier alpha value is -1.06. The van der Waals surface area contributed by atoms with Crippen LogP contribution >= 0.6 is 0 Å². The van der Waals surface area contributed by atoms with Gasteiger partial charge in [0, 0.05) is 13.1 Å². The molecule has 4 heteroatoms. The normalized spacial score (nSPS) is 22.3. The van der Waals surface area contributed by atoms with E-state index in [1.807, 2.05) is 0 Å². The first kappa shape index (κ1) is 15.0. The molecule has 2 unspecified atom stereocenters. The maximum Gasteiger partial charge on any atom is 0.316 e. The van der Waals surface area contributed by atoms with Crippen LogP contribution in [0.1, 0.15) is 41.0 Å². The molecule has 104 valence electrons. The van der Waals surface area contributed by atoms with E-state index in [1.165, 1.54) is 0 Å². The predicted molar refractivity (Wildman–Crippen MR) is 70.1 cm³/mol. The van der Waals surface area contributed by atoms with Gasteiger partial charge in [-0.25, -0.2) is 0 Å². The van der Waals surface area contributed by atoms with E-state index in [1.54, 1.807) is 25.7 Å². The van der Waals surface area contributed by atoms with Crippen LogP contribution in [-0.4, -0.2) is 35.0 Å². The third-order valence-corrected chi connectivity index (χ3v) is 3.84. The summed E-state index contributed by atoms with van der Waals surface area (Å²) in [5.74, 6) is -1.13. The Morgan fingerprint density at radius 2 is 1.83 bits per heavy atom. The lowest BCUT2D eigenvalue weighted by Gasteiger charge is -2.30. The highest BCUT2D eigenvalue weighted by Crippen LogP contribution is 2.31. The highest BCUT2D eigenvalue weighted by molar-refractivity contribution is 5.97. The number of aliphatic carboxylic acids is 1. The third-order valence-electron chi connectivity index (χ3n) is 3.84. The van der Waals surface area contributed by atoms with Crippen molar-refractivity contribution in [3.8, 4) is 0 Å². The van der Waals surface area contributed by atoms with Gasteiger partial charge in [0.1, 0.15) is 5.92 Å². The molecule has 0 radical (unpaired) electrons. The third kappa shape index (κ3) is 3.24. The molecule has 1 fully saturated rings. The molecular formula is C14H25NO3. The summed E-state index contributed by atoms with van der Waals surface area (Å²) in [6, 6.07) is 0. The first-order valence-corrected chi connectivity index (χ1v) is 6.66. The fourth-order valence-corrected chi connectivity index (χ4v) is 2.56. The number of hydrogen-bond acceptors (Lipinski definition) is 2. The highest BCUT2D eigenvalue weighted by atomic mass is 16.4. The number of nitrogens with zero attached hydrogens (tertiary/aromatic N) is 1. The fraction of sp³-hybridized carbons (Fsp3) is 0.857. The van der Waals surface area contributed by atoms with Crippen LogP contribution in [0.2, 0.25) is 0 Å². The second kappa shape index (κ2) is 5.29. The fourth-order valence-electron chi connectivity index (χ4n) is 2.56. The summed E-state index contributed by atoms with van der Waals surface area (Å²) >= 11 is 0. The van der Waals surface area contributed by atoms with E-state index < -0.39 is 17.3 Å². The van der Waals surface area contributed by atoms with Crippen molar-refractivity contribution >= 4 is 11.9 Å². The summed E-state index contributed by atoms with van der Waals surface area (Å²) in [7, 11) is 0. The first-order valence-electron chi connectivity index (χ1n) is 6.66. The molecule has 0 saturated carbocycles. The topological polar surface area (TPSA) is 57.6 Å². The van der Waals surface area contributed by atoms with Crippen molar-refractivity contribution in [2.45, 2.75) is 41.0 Å². The van der Waals surface area contributed by atoms with Crippen LogP contribution in [0.15, 0.2) is 0 Å². The lowest BCUT2D eigenvalue weighted by Crippen LogP contribution is -2.44. The molecule has 1 heterocycles. The monoisotopic (exact) mass is 255 g/mol. The van der Waals surface area contributed by atoms with Gasteiger partial charge in [-0.05, 0) is 23.7 Å². The molecule has 4 nitrogen and oxygen atoms in total. The maximum absolute atomic E-state index is 12.3. The van der Waals surface area contributed by atoms with Gasteiger partial charge in [-0.2, -0.15) is 0 Å². The van der Waals surface area contributed by atoms with Crippen molar-refractivity contribution < 1.29 is 14.7 Å². The van der Waals surface area contributed by atoms with Gasteiger partial charge in [-0.1, -0.05) is 34.6 Å². The van der Waals surface area contributed by atoms with Crippen molar-refractivity contribution in [3.63, 3.8) is 0 Å². The summed E-state index contributed by atoms with van der Waals surface area (Å²) in [5.41, 5.74) is -0.543. The van der Waals surface area contributed by atoms with Gasteiger partial charge in [-0.3, -0.25) is 9.59 Å². The molecule has 1 saturated heterocycles. The molecule has 0 spiro atoms. The Morgan fingerprint density at radius 3 is 2.17 bits per heavy atom. The number of carbonyl (C=O) groups excluding carboxylic acids is 1. The van der Waals surface area contributed by atoms with Crippen LogP contribution in [0, 0.1) is 23.2 Å². The van der Waals surface area contributed by atoms with E-state index >= 15 is 0 Å². The molecule has 2 atom stereocenters. The summed E-state index contributed by atoms with van der Waals surface area (Å²) in [4.78, 5) is 25.4. The average Bonchev–Trinajstić information content (AvgIpc) is 2.62. The Bertz CT molecular complexity index is 330. The van der Waals surface area contributed by atoms with Crippen LogP contribution in [0.3, 0.4) is 0 Å². The Morgan fingerprint density at radius 1 is 1.28 bits per heavy atom. The molecule has 0 aromatic carbocycles. The number of hydrogen-bond donors (Lipinski definition) is 1. The van der Waals surface area contributed by atoms with E-state index in [0.717, 1.165) is 6.42 Å². The predicted octanol–water partition coefficient (Wildman–Crippen LogP) is 2.24. The van der Waals surface area contributed by atoms with Crippen LogP contribution in [0.5, 0.6) is 0 Å². The van der Waals surface area contributed by atoms with Crippen LogP contribution in [0.25, 0.3) is 0 Å². The number of amides is 1. The molecule has 0 aromatic heterocycles. The lowest BCUT2D eigenvalue weighted by molar-refractivity contribution is -0.155. The summed E-state index contributed by atoms with van der Waals surface area (Å²) in [6.07, 6.45) is 0.986. The number of carboxylic acid groups (broad SMARTS) is 1. The smallest absolute Gasteiger partial charge is 0.316 e. The van der Waals surface area contributed by atoms with Crippen molar-refractivity contribution in [1.29, 1.82) is 0 Å². The summed E-state index contributed by atoms with van der Waals surface area (Å²) < 4.78 is 0. The van der Waals surface area contributed by atoms with Crippen LogP contribution in [0.4, 0.5) is 0 Å². The number of rotatable bonds is 3. The minimum Gasteiger partial charge on any atom is -0.481 e. The quantitative estimate of drug-likeness (QED) is 0.787. The number of carboxylic acids is 1. The molecular weight excluding hydrogens is 230 g/mol. The van der Waals surface area contributed by atoms with E-state index in [4.69, 9.17) is 0 Å². The minimum absolute atomic E-state index is 0.224. The van der Waals surface area contributed by atoms with E-state index in [9.17, 15) is 14.7 Å². The van der Waals surface area contributed by atoms with Gasteiger partial charge in [0.25, 0.3) is 0 Å². The number of likely N-dealkylation sites (tertiary alicyclic amines) is 1. The minimum atomic E-state index is -1.01. The second-order valence-electron chi connectivity index (χ2n) is 6.71. The molecule has 1 aliphatic heterocycles. The molecule has 0 aliphatic carbocycles. The van der Waals surface area contributed by atoms with Crippen LogP contribution < -0.4 is 0 Å². The molecule has 18 heavy (non-hydrogen) atoms. The van der Waals surface area contributed by atoms with E-state index in [-0.39, 0.29) is 5.91 Å². The second-order valence-corrected chi connectivity index (χ2v) is 6.71. The zero-order chi connectivity index (χ0) is 14.1. The van der Waals surface area contributed by atoms with Gasteiger partial charge in [0.15, 0.2) is 0 Å². The van der Waals surface area contributed by atoms with Crippen molar-refractivity contribution in [2.75, 3.05) is 13.1 Å².